The van der Waals surface area contributed by atoms with Crippen LogP contribution in [0.4, 0.5) is 34.1 Å². The van der Waals surface area contributed by atoms with Crippen LogP contribution in [0.5, 0.6) is 0 Å². The van der Waals surface area contributed by atoms with Gasteiger partial charge in [0.15, 0.2) is 0 Å². The largest absolute Gasteiger partial charge is 0.311 e. The van der Waals surface area contributed by atoms with E-state index in [1.807, 2.05) is 0 Å². The highest BCUT2D eigenvalue weighted by Crippen LogP contribution is 2.41. The van der Waals surface area contributed by atoms with Crippen LogP contribution in [0.3, 0.4) is 0 Å². The summed E-state index contributed by atoms with van der Waals surface area (Å²) in [5.41, 5.74) is 18.6. The molecule has 0 aliphatic heterocycles. The van der Waals surface area contributed by atoms with Gasteiger partial charge in [-0.2, -0.15) is 0 Å². The molecule has 2 nitrogen and oxygen atoms in total. The zero-order valence-corrected chi connectivity index (χ0v) is 36.5. The van der Waals surface area contributed by atoms with E-state index >= 15 is 0 Å². The minimum absolute atomic E-state index is 1.09. The Kier molecular flexibility index (Phi) is 10.9. The second-order valence-electron chi connectivity index (χ2n) is 16.2. The van der Waals surface area contributed by atoms with Gasteiger partial charge >= 0.3 is 0 Å². The lowest BCUT2D eigenvalue weighted by Gasteiger charge is -2.27. The summed E-state index contributed by atoms with van der Waals surface area (Å²) < 4.78 is 1.31. The van der Waals surface area contributed by atoms with Crippen molar-refractivity contribution in [3.05, 3.63) is 266 Å². The van der Waals surface area contributed by atoms with Gasteiger partial charge in [-0.1, -0.05) is 182 Å². The molecule has 0 N–H and O–H groups in total. The van der Waals surface area contributed by atoms with Gasteiger partial charge in [-0.25, -0.2) is 0 Å². The standard InChI is InChI=1S/C62H44N2S/c1-4-12-45(13-5-1)48-20-32-54(33-21-48)63(55-34-22-49(23-35-55)46-14-6-2-7-15-46)57-38-26-51(27-39-57)52-28-40-58(41-29-52)64(56-36-24-50(25-37-56)47-16-8-3-9-17-47)59-42-30-53(31-43-59)61-44-65-62-19-11-10-18-60(61)62/h1-44H. The average Bonchev–Trinajstić information content (AvgIpc) is 3.83. The first-order valence-electron chi connectivity index (χ1n) is 22.1. The summed E-state index contributed by atoms with van der Waals surface area (Å²) >= 11 is 1.80. The van der Waals surface area contributed by atoms with Crippen LogP contribution >= 0.6 is 11.3 Å². The van der Waals surface area contributed by atoms with E-state index in [-0.39, 0.29) is 0 Å². The van der Waals surface area contributed by atoms with Crippen molar-refractivity contribution in [1.29, 1.82) is 0 Å². The van der Waals surface area contributed by atoms with E-state index in [1.54, 1.807) is 11.3 Å². The van der Waals surface area contributed by atoms with Crippen LogP contribution in [0.25, 0.3) is 65.7 Å². The molecule has 3 heteroatoms. The van der Waals surface area contributed by atoms with E-state index in [0.29, 0.717) is 0 Å². The van der Waals surface area contributed by atoms with Crippen molar-refractivity contribution in [1.82, 2.24) is 0 Å². The molecule has 0 fully saturated rings. The van der Waals surface area contributed by atoms with E-state index in [4.69, 9.17) is 0 Å². The molecule has 0 radical (unpaired) electrons. The van der Waals surface area contributed by atoms with E-state index in [0.717, 1.165) is 45.3 Å². The van der Waals surface area contributed by atoms with Crippen molar-refractivity contribution in [3.8, 4) is 55.6 Å². The molecule has 0 amide bonds. The van der Waals surface area contributed by atoms with E-state index in [9.17, 15) is 0 Å². The maximum Gasteiger partial charge on any atom is 0.0462 e. The predicted molar refractivity (Wildman–Crippen MR) is 278 cm³/mol. The van der Waals surface area contributed by atoms with Crippen molar-refractivity contribution >= 4 is 55.5 Å². The van der Waals surface area contributed by atoms with E-state index in [1.165, 1.54) is 54.6 Å². The van der Waals surface area contributed by atoms with Gasteiger partial charge < -0.3 is 9.80 Å². The minimum Gasteiger partial charge on any atom is -0.311 e. The lowest BCUT2D eigenvalue weighted by molar-refractivity contribution is 1.28. The molecule has 11 aromatic rings. The number of anilines is 6. The van der Waals surface area contributed by atoms with Crippen molar-refractivity contribution in [3.63, 3.8) is 0 Å². The monoisotopic (exact) mass is 848 g/mol. The van der Waals surface area contributed by atoms with Gasteiger partial charge in [0, 0.05) is 49.8 Å². The molecule has 0 unspecified atom stereocenters. The maximum absolute atomic E-state index is 2.35. The van der Waals surface area contributed by atoms with Crippen molar-refractivity contribution in [2.75, 3.05) is 9.80 Å². The first kappa shape index (κ1) is 39.6. The third-order valence-corrected chi connectivity index (χ3v) is 13.2. The SMILES string of the molecule is c1ccc(-c2ccc(N(c3ccc(-c4ccccc4)cc3)c3ccc(-c4ccc(N(c5ccc(-c6ccccc6)cc5)c5ccc(-c6csc7ccccc67)cc5)cc4)cc3)cc2)cc1. The summed E-state index contributed by atoms with van der Waals surface area (Å²) in [5.74, 6) is 0. The summed E-state index contributed by atoms with van der Waals surface area (Å²) in [5, 5.41) is 3.57. The van der Waals surface area contributed by atoms with Crippen LogP contribution < -0.4 is 9.80 Å². The highest BCUT2D eigenvalue weighted by Gasteiger charge is 2.17. The summed E-state index contributed by atoms with van der Waals surface area (Å²) in [6.45, 7) is 0. The summed E-state index contributed by atoms with van der Waals surface area (Å²) in [7, 11) is 0. The van der Waals surface area contributed by atoms with Gasteiger partial charge in [0.2, 0.25) is 0 Å². The topological polar surface area (TPSA) is 6.48 Å². The number of hydrogen-bond donors (Lipinski definition) is 0. The molecule has 10 aromatic carbocycles. The molecule has 0 aliphatic carbocycles. The fourth-order valence-electron chi connectivity index (χ4n) is 8.79. The van der Waals surface area contributed by atoms with Gasteiger partial charge in [-0.05, 0) is 134 Å². The number of benzene rings is 10. The van der Waals surface area contributed by atoms with Gasteiger partial charge in [0.1, 0.15) is 0 Å². The van der Waals surface area contributed by atoms with Gasteiger partial charge in [-0.15, -0.1) is 11.3 Å². The van der Waals surface area contributed by atoms with Crippen molar-refractivity contribution in [2.24, 2.45) is 0 Å². The highest BCUT2D eigenvalue weighted by molar-refractivity contribution is 7.17. The molecular formula is C62H44N2S. The normalized spacial score (nSPS) is 11.1. The maximum atomic E-state index is 2.35. The lowest BCUT2D eigenvalue weighted by Crippen LogP contribution is -2.10. The highest BCUT2D eigenvalue weighted by atomic mass is 32.1. The smallest absolute Gasteiger partial charge is 0.0462 e. The van der Waals surface area contributed by atoms with Crippen LogP contribution in [-0.4, -0.2) is 0 Å². The number of rotatable bonds is 11. The van der Waals surface area contributed by atoms with Crippen LogP contribution in [0.15, 0.2) is 266 Å². The quantitative estimate of drug-likeness (QED) is 0.128. The molecule has 1 heterocycles. The van der Waals surface area contributed by atoms with Crippen LogP contribution in [0.1, 0.15) is 0 Å². The molecule has 1 aromatic heterocycles. The minimum atomic E-state index is 1.09. The first-order chi connectivity index (χ1) is 32.2. The molecule has 0 aliphatic rings. The Morgan fingerprint density at radius 3 is 0.769 bits per heavy atom. The Bertz CT molecular complexity index is 3210. The van der Waals surface area contributed by atoms with E-state index < -0.39 is 0 Å². The Balaban J connectivity index is 0.908. The predicted octanol–water partition coefficient (Wildman–Crippen LogP) is 18.2. The molecule has 0 bridgehead atoms. The molecule has 0 saturated heterocycles. The van der Waals surface area contributed by atoms with Gasteiger partial charge in [0.05, 0.1) is 0 Å². The number of fused-ring (bicyclic) bond motifs is 1. The Labute approximate surface area is 385 Å². The van der Waals surface area contributed by atoms with Crippen LogP contribution in [-0.2, 0) is 0 Å². The molecule has 0 atom stereocenters. The Morgan fingerprint density at radius 1 is 0.215 bits per heavy atom. The lowest BCUT2D eigenvalue weighted by atomic mass is 10.0. The Hall–Kier alpha value is -8.24. The zero-order valence-electron chi connectivity index (χ0n) is 35.7. The zero-order chi connectivity index (χ0) is 43.4. The molecular weight excluding hydrogens is 805 g/mol. The number of nitrogens with zero attached hydrogens (tertiary/aromatic N) is 2. The fourth-order valence-corrected chi connectivity index (χ4v) is 9.76. The number of thiophene rings is 1. The molecule has 11 rings (SSSR count). The van der Waals surface area contributed by atoms with E-state index in [2.05, 4.69) is 276 Å². The van der Waals surface area contributed by atoms with Gasteiger partial charge in [0.25, 0.3) is 0 Å². The number of hydrogen-bond acceptors (Lipinski definition) is 3. The summed E-state index contributed by atoms with van der Waals surface area (Å²) in [4.78, 5) is 4.69. The molecule has 0 saturated carbocycles. The molecule has 0 spiro atoms. The third-order valence-electron chi connectivity index (χ3n) is 12.2. The van der Waals surface area contributed by atoms with Crippen LogP contribution in [0, 0.1) is 0 Å². The Morgan fingerprint density at radius 2 is 0.462 bits per heavy atom. The molecule has 308 valence electrons. The van der Waals surface area contributed by atoms with Gasteiger partial charge in [-0.3, -0.25) is 0 Å². The first-order valence-corrected chi connectivity index (χ1v) is 22.9. The second kappa shape index (κ2) is 17.9. The summed E-state index contributed by atoms with van der Waals surface area (Å²) in [6, 6.07) is 93.9. The molecule has 65 heavy (non-hydrogen) atoms. The second-order valence-corrected chi connectivity index (χ2v) is 17.1. The van der Waals surface area contributed by atoms with Crippen molar-refractivity contribution < 1.29 is 0 Å². The third kappa shape index (κ3) is 8.25. The fraction of sp³-hybridized carbons (Fsp3) is 0. The van der Waals surface area contributed by atoms with Crippen molar-refractivity contribution in [2.45, 2.75) is 0 Å². The average molecular weight is 849 g/mol. The summed E-state index contributed by atoms with van der Waals surface area (Å²) in [6.07, 6.45) is 0. The van der Waals surface area contributed by atoms with Crippen LogP contribution in [0.2, 0.25) is 0 Å².